The summed E-state index contributed by atoms with van der Waals surface area (Å²) in [5, 5.41) is 0. The molecule has 2 atom stereocenters. The van der Waals surface area contributed by atoms with Gasteiger partial charge in [0, 0.05) is 5.92 Å². The van der Waals surface area contributed by atoms with Crippen LogP contribution in [0.4, 0.5) is 0 Å². The van der Waals surface area contributed by atoms with Crippen molar-refractivity contribution in [1.82, 2.24) is 0 Å². The highest BCUT2D eigenvalue weighted by Crippen LogP contribution is 2.21. The fraction of sp³-hybridized carbons (Fsp3) is 0.935. The molecule has 1 heteroatoms. The summed E-state index contributed by atoms with van der Waals surface area (Å²) >= 11 is 0. The molecule has 47 heavy (non-hydrogen) atoms. The first kappa shape index (κ1) is 48.5. The van der Waals surface area contributed by atoms with Gasteiger partial charge in [0.1, 0.15) is 6.29 Å². The Morgan fingerprint density at radius 3 is 0.745 bits per heavy atom. The van der Waals surface area contributed by atoms with Crippen LogP contribution in [-0.4, -0.2) is 6.29 Å². The van der Waals surface area contributed by atoms with Crippen LogP contribution in [0.15, 0.2) is 12.2 Å². The van der Waals surface area contributed by atoms with Gasteiger partial charge in [0.2, 0.25) is 0 Å². The molecule has 0 N–H and O–H groups in total. The largest absolute Gasteiger partial charge is 0.303 e. The number of hydrogen-bond donors (Lipinski definition) is 0. The smallest absolute Gasteiger partial charge is 0.123 e. The van der Waals surface area contributed by atoms with Crippen molar-refractivity contribution in [3.63, 3.8) is 0 Å². The summed E-state index contributed by atoms with van der Waals surface area (Å²) in [6, 6.07) is 0. The lowest BCUT2D eigenvalue weighted by atomic mass is 9.94. The summed E-state index contributed by atoms with van der Waals surface area (Å²) < 4.78 is 0. The Morgan fingerprint density at radius 2 is 0.532 bits per heavy atom. The lowest BCUT2D eigenvalue weighted by Crippen LogP contribution is -2.02. The molecule has 0 aliphatic rings. The molecule has 0 aliphatic carbocycles. The van der Waals surface area contributed by atoms with Crippen molar-refractivity contribution in [2.24, 2.45) is 11.8 Å². The van der Waals surface area contributed by atoms with Gasteiger partial charge < -0.3 is 4.79 Å². The molecule has 0 saturated carbocycles. The van der Waals surface area contributed by atoms with Crippen molar-refractivity contribution >= 4 is 6.29 Å². The second-order valence-corrected chi connectivity index (χ2v) is 15.2. The van der Waals surface area contributed by atoms with Crippen LogP contribution < -0.4 is 0 Å². The highest BCUT2D eigenvalue weighted by molar-refractivity contribution is 5.53. The van der Waals surface area contributed by atoms with Crippen molar-refractivity contribution in [2.45, 2.75) is 266 Å². The van der Waals surface area contributed by atoms with Crippen LogP contribution in [0.25, 0.3) is 0 Å². The van der Waals surface area contributed by atoms with E-state index in [9.17, 15) is 4.79 Å². The van der Waals surface area contributed by atoms with E-state index >= 15 is 0 Å². The molecule has 0 aliphatic heterocycles. The van der Waals surface area contributed by atoms with Gasteiger partial charge in [0.05, 0.1) is 0 Å². The fourth-order valence-electron chi connectivity index (χ4n) is 7.05. The van der Waals surface area contributed by atoms with Crippen molar-refractivity contribution in [2.75, 3.05) is 0 Å². The maximum atomic E-state index is 11.1. The predicted molar refractivity (Wildman–Crippen MR) is 217 cm³/mol. The van der Waals surface area contributed by atoms with Crippen LogP contribution in [-0.2, 0) is 4.79 Å². The molecular formula is C46H92O. The monoisotopic (exact) mass is 661 g/mol. The third kappa shape index (κ3) is 43.4. The zero-order valence-corrected chi connectivity index (χ0v) is 33.8. The number of hydrogen-bond acceptors (Lipinski definition) is 1. The Balaban J connectivity index is 0. The third-order valence-corrected chi connectivity index (χ3v) is 10.4. The van der Waals surface area contributed by atoms with Crippen LogP contribution in [0.3, 0.4) is 0 Å². The van der Waals surface area contributed by atoms with Crippen LogP contribution in [0.1, 0.15) is 266 Å². The lowest BCUT2D eigenvalue weighted by molar-refractivity contribution is -0.111. The summed E-state index contributed by atoms with van der Waals surface area (Å²) in [4.78, 5) is 11.1. The van der Waals surface area contributed by atoms with Crippen LogP contribution in [0.5, 0.6) is 0 Å². The summed E-state index contributed by atoms with van der Waals surface area (Å²) in [5.74, 6) is 1.20. The standard InChI is InChI=1S/C24H48.C22H44O/c1-4-7-9-11-12-13-14-15-16-18-20-23-24(21-6-3)22-19-17-10-8-5-2;1-3-5-7-9-10-11-12-13-14-16-18-20-22(21-23)19-17-15-8-6-4-2/h6,21,24H,4-5,7-20,22-23H2,1-3H3;21-22H,3-20H2,1-2H3/b21-6+;/t24-;22-/m11/s1. The maximum absolute atomic E-state index is 11.1. The van der Waals surface area contributed by atoms with Crippen molar-refractivity contribution in [3.8, 4) is 0 Å². The van der Waals surface area contributed by atoms with Crippen LogP contribution in [0.2, 0.25) is 0 Å². The van der Waals surface area contributed by atoms with E-state index < -0.39 is 0 Å². The number of carbonyl (C=O) groups is 1. The van der Waals surface area contributed by atoms with Gasteiger partial charge in [-0.05, 0) is 38.5 Å². The van der Waals surface area contributed by atoms with Gasteiger partial charge in [-0.3, -0.25) is 0 Å². The molecule has 0 aromatic rings. The SMILES string of the molecule is C/C=C/[C@H](CCCCCCC)CCCCCCCCCCCCC.CCCCCCCCCCCCC[C@H](C=O)CCCCCCC. The van der Waals surface area contributed by atoms with Gasteiger partial charge in [-0.25, -0.2) is 0 Å². The minimum absolute atomic E-state index is 0.343. The molecule has 0 fully saturated rings. The van der Waals surface area contributed by atoms with Gasteiger partial charge in [-0.1, -0.05) is 245 Å². The molecule has 0 heterocycles. The third-order valence-electron chi connectivity index (χ3n) is 10.4. The van der Waals surface area contributed by atoms with E-state index in [-0.39, 0.29) is 0 Å². The normalized spacial score (nSPS) is 12.7. The van der Waals surface area contributed by atoms with E-state index in [1.54, 1.807) is 0 Å². The van der Waals surface area contributed by atoms with Crippen LogP contribution >= 0.6 is 0 Å². The first-order valence-electron chi connectivity index (χ1n) is 22.3. The number of allylic oxidation sites excluding steroid dienone is 2. The molecule has 282 valence electrons. The second kappa shape index (κ2) is 45.4. The molecule has 0 unspecified atom stereocenters. The van der Waals surface area contributed by atoms with E-state index in [1.165, 1.54) is 225 Å². The van der Waals surface area contributed by atoms with E-state index in [2.05, 4.69) is 46.8 Å². The van der Waals surface area contributed by atoms with Gasteiger partial charge in [0.15, 0.2) is 0 Å². The fourth-order valence-corrected chi connectivity index (χ4v) is 7.05. The van der Waals surface area contributed by atoms with Gasteiger partial charge in [0.25, 0.3) is 0 Å². The summed E-state index contributed by atoms with van der Waals surface area (Å²) in [6.07, 6.45) is 56.0. The predicted octanol–water partition coefficient (Wildman–Crippen LogP) is 17.1. The van der Waals surface area contributed by atoms with E-state index in [1.807, 2.05) is 0 Å². The molecule has 0 aromatic carbocycles. The Hall–Kier alpha value is -0.590. The first-order chi connectivity index (χ1) is 23.2. The Bertz CT molecular complexity index is 565. The highest BCUT2D eigenvalue weighted by atomic mass is 16.1. The second-order valence-electron chi connectivity index (χ2n) is 15.2. The molecule has 0 saturated heterocycles. The summed E-state index contributed by atoms with van der Waals surface area (Å²) in [6.45, 7) is 11.3. The lowest BCUT2D eigenvalue weighted by Gasteiger charge is -2.12. The molecule has 0 amide bonds. The number of rotatable bonds is 38. The Morgan fingerprint density at radius 1 is 0.319 bits per heavy atom. The van der Waals surface area contributed by atoms with E-state index in [0.29, 0.717) is 5.92 Å². The zero-order chi connectivity index (χ0) is 34.7. The van der Waals surface area contributed by atoms with Gasteiger partial charge in [-0.2, -0.15) is 0 Å². The average Bonchev–Trinajstić information content (AvgIpc) is 3.08. The van der Waals surface area contributed by atoms with Gasteiger partial charge in [-0.15, -0.1) is 0 Å². The number of unbranched alkanes of at least 4 members (excludes halogenated alkanes) is 28. The van der Waals surface area contributed by atoms with Crippen molar-refractivity contribution in [3.05, 3.63) is 12.2 Å². The molecular weight excluding hydrogens is 569 g/mol. The topological polar surface area (TPSA) is 17.1 Å². The van der Waals surface area contributed by atoms with E-state index in [4.69, 9.17) is 0 Å². The van der Waals surface area contributed by atoms with Crippen molar-refractivity contribution in [1.29, 1.82) is 0 Å². The van der Waals surface area contributed by atoms with Crippen LogP contribution in [0, 0.1) is 11.8 Å². The van der Waals surface area contributed by atoms with Crippen molar-refractivity contribution < 1.29 is 4.79 Å². The maximum Gasteiger partial charge on any atom is 0.123 e. The highest BCUT2D eigenvalue weighted by Gasteiger charge is 2.07. The quantitative estimate of drug-likeness (QED) is 0.0366. The average molecular weight is 661 g/mol. The van der Waals surface area contributed by atoms with E-state index in [0.717, 1.165) is 18.8 Å². The van der Waals surface area contributed by atoms with Gasteiger partial charge >= 0.3 is 0 Å². The molecule has 0 aromatic heterocycles. The molecule has 0 rings (SSSR count). The summed E-state index contributed by atoms with van der Waals surface area (Å²) in [7, 11) is 0. The molecule has 0 radical (unpaired) electrons. The zero-order valence-electron chi connectivity index (χ0n) is 33.8. The minimum Gasteiger partial charge on any atom is -0.303 e. The minimum atomic E-state index is 0.343. The molecule has 1 nitrogen and oxygen atoms in total. The summed E-state index contributed by atoms with van der Waals surface area (Å²) in [5.41, 5.74) is 0. The molecule has 0 bridgehead atoms. The Kier molecular flexibility index (Phi) is 46.9. The number of carbonyl (C=O) groups excluding carboxylic acids is 1. The Labute approximate surface area is 300 Å². The molecule has 0 spiro atoms. The number of aldehydes is 1. The first-order valence-corrected chi connectivity index (χ1v) is 22.3.